The van der Waals surface area contributed by atoms with E-state index in [2.05, 4.69) is 6.07 Å². The number of hydrogen-bond donors (Lipinski definition) is 0. The van der Waals surface area contributed by atoms with Crippen LogP contribution in [0.25, 0.3) is 0 Å². The molecule has 2 aliphatic rings. The van der Waals surface area contributed by atoms with Crippen LogP contribution in [0.4, 0.5) is 0 Å². The van der Waals surface area contributed by atoms with Crippen molar-refractivity contribution in [1.29, 1.82) is 5.26 Å². The van der Waals surface area contributed by atoms with Gasteiger partial charge in [0.15, 0.2) is 0 Å². The van der Waals surface area contributed by atoms with Crippen molar-refractivity contribution in [2.45, 2.75) is 76.7 Å². The summed E-state index contributed by atoms with van der Waals surface area (Å²) >= 11 is 0. The largest absolute Gasteiger partial charge is 0.378 e. The van der Waals surface area contributed by atoms with E-state index in [0.29, 0.717) is 6.10 Å². The number of nitrogens with zero attached hydrogens (tertiary/aromatic N) is 1. The molecule has 17 heavy (non-hydrogen) atoms. The Morgan fingerprint density at radius 1 is 1.06 bits per heavy atom. The van der Waals surface area contributed by atoms with E-state index in [4.69, 9.17) is 4.74 Å². The summed E-state index contributed by atoms with van der Waals surface area (Å²) in [5, 5.41) is 9.54. The third kappa shape index (κ3) is 3.71. The lowest BCUT2D eigenvalue weighted by Crippen LogP contribution is -2.22. The molecule has 2 heteroatoms. The third-order valence-corrected chi connectivity index (χ3v) is 4.52. The standard InChI is InChI=1S/C15H25NO/c16-13-15(9-4-2-1-3-5-10-15)11-8-14-7-6-12-17-14/h14H,1-12H2. The molecule has 0 aromatic carbocycles. The predicted octanol–water partition coefficient (Wildman–Crippen LogP) is 4.20. The molecule has 96 valence electrons. The molecule has 0 amide bonds. The van der Waals surface area contributed by atoms with Gasteiger partial charge in [0, 0.05) is 6.61 Å². The van der Waals surface area contributed by atoms with Crippen LogP contribution in [0.15, 0.2) is 0 Å². The Bertz CT molecular complexity index is 255. The Morgan fingerprint density at radius 3 is 2.35 bits per heavy atom. The van der Waals surface area contributed by atoms with Gasteiger partial charge in [-0.3, -0.25) is 0 Å². The zero-order valence-corrected chi connectivity index (χ0v) is 10.9. The Labute approximate surface area is 105 Å². The van der Waals surface area contributed by atoms with Gasteiger partial charge in [-0.15, -0.1) is 0 Å². The second kappa shape index (κ2) is 6.40. The van der Waals surface area contributed by atoms with Crippen LogP contribution in [0.1, 0.15) is 70.6 Å². The van der Waals surface area contributed by atoms with Crippen molar-refractivity contribution in [3.05, 3.63) is 0 Å². The van der Waals surface area contributed by atoms with Gasteiger partial charge in [-0.05, 0) is 38.5 Å². The molecular weight excluding hydrogens is 210 g/mol. The molecule has 0 aromatic rings. The zero-order valence-electron chi connectivity index (χ0n) is 10.9. The topological polar surface area (TPSA) is 33.0 Å². The molecule has 0 spiro atoms. The molecule has 0 N–H and O–H groups in total. The second-order valence-electron chi connectivity index (χ2n) is 5.83. The van der Waals surface area contributed by atoms with Gasteiger partial charge < -0.3 is 4.74 Å². The Balaban J connectivity index is 1.85. The maximum absolute atomic E-state index is 9.54. The minimum Gasteiger partial charge on any atom is -0.378 e. The normalized spacial score (nSPS) is 29.2. The Kier molecular flexibility index (Phi) is 4.86. The highest BCUT2D eigenvalue weighted by Crippen LogP contribution is 2.38. The second-order valence-corrected chi connectivity index (χ2v) is 5.83. The Hall–Kier alpha value is -0.550. The summed E-state index contributed by atoms with van der Waals surface area (Å²) in [5.41, 5.74) is -0.0215. The van der Waals surface area contributed by atoms with Crippen LogP contribution in [0, 0.1) is 16.7 Å². The third-order valence-electron chi connectivity index (χ3n) is 4.52. The van der Waals surface area contributed by atoms with Gasteiger partial charge in [0.05, 0.1) is 17.6 Å². The molecule has 0 aromatic heterocycles. The first-order valence-corrected chi connectivity index (χ1v) is 7.38. The molecule has 1 unspecified atom stereocenters. The average molecular weight is 235 g/mol. The predicted molar refractivity (Wildman–Crippen MR) is 68.6 cm³/mol. The van der Waals surface area contributed by atoms with Crippen LogP contribution in [0.2, 0.25) is 0 Å². The molecule has 1 saturated carbocycles. The van der Waals surface area contributed by atoms with Gasteiger partial charge in [0.1, 0.15) is 0 Å². The van der Waals surface area contributed by atoms with Crippen LogP contribution in [-0.4, -0.2) is 12.7 Å². The molecule has 1 heterocycles. The van der Waals surface area contributed by atoms with E-state index in [9.17, 15) is 5.26 Å². The highest BCUT2D eigenvalue weighted by atomic mass is 16.5. The van der Waals surface area contributed by atoms with Crippen molar-refractivity contribution in [2.24, 2.45) is 5.41 Å². The molecule has 2 rings (SSSR count). The minimum absolute atomic E-state index is 0.0215. The van der Waals surface area contributed by atoms with Crippen molar-refractivity contribution in [3.8, 4) is 6.07 Å². The fourth-order valence-electron chi connectivity index (χ4n) is 3.31. The quantitative estimate of drug-likeness (QED) is 0.734. The average Bonchev–Trinajstić information content (AvgIpc) is 2.82. The van der Waals surface area contributed by atoms with Crippen molar-refractivity contribution in [1.82, 2.24) is 0 Å². The van der Waals surface area contributed by atoms with Crippen LogP contribution >= 0.6 is 0 Å². The number of nitriles is 1. The molecular formula is C15H25NO. The lowest BCUT2D eigenvalue weighted by molar-refractivity contribution is 0.0902. The van der Waals surface area contributed by atoms with Crippen molar-refractivity contribution in [2.75, 3.05) is 6.61 Å². The lowest BCUT2D eigenvalue weighted by Gasteiger charge is -2.29. The fraction of sp³-hybridized carbons (Fsp3) is 0.933. The van der Waals surface area contributed by atoms with Crippen LogP contribution in [0.3, 0.4) is 0 Å². The number of hydrogen-bond acceptors (Lipinski definition) is 2. The molecule has 1 aliphatic heterocycles. The summed E-state index contributed by atoms with van der Waals surface area (Å²) < 4.78 is 5.68. The highest BCUT2D eigenvalue weighted by molar-refractivity contribution is 4.99. The van der Waals surface area contributed by atoms with Gasteiger partial charge in [-0.2, -0.15) is 5.26 Å². The molecule has 0 bridgehead atoms. The number of rotatable bonds is 3. The summed E-state index contributed by atoms with van der Waals surface area (Å²) in [6, 6.07) is 2.65. The van der Waals surface area contributed by atoms with Crippen LogP contribution < -0.4 is 0 Å². The molecule has 1 aliphatic carbocycles. The van der Waals surface area contributed by atoms with Crippen molar-refractivity contribution < 1.29 is 4.74 Å². The number of ether oxygens (including phenoxy) is 1. The lowest BCUT2D eigenvalue weighted by atomic mass is 9.74. The van der Waals surface area contributed by atoms with E-state index in [1.54, 1.807) is 0 Å². The molecule has 2 nitrogen and oxygen atoms in total. The summed E-state index contributed by atoms with van der Waals surface area (Å²) in [7, 11) is 0. The summed E-state index contributed by atoms with van der Waals surface area (Å²) in [6.07, 6.45) is 13.8. The molecule has 0 radical (unpaired) electrons. The van der Waals surface area contributed by atoms with E-state index in [1.807, 2.05) is 0 Å². The van der Waals surface area contributed by atoms with Crippen molar-refractivity contribution in [3.63, 3.8) is 0 Å². The summed E-state index contributed by atoms with van der Waals surface area (Å²) in [6.45, 7) is 0.935. The van der Waals surface area contributed by atoms with E-state index in [1.165, 1.54) is 44.9 Å². The van der Waals surface area contributed by atoms with E-state index in [0.717, 1.165) is 32.3 Å². The first-order chi connectivity index (χ1) is 8.35. The van der Waals surface area contributed by atoms with Gasteiger partial charge in [-0.1, -0.05) is 32.1 Å². The van der Waals surface area contributed by atoms with Crippen LogP contribution in [0.5, 0.6) is 0 Å². The van der Waals surface area contributed by atoms with E-state index in [-0.39, 0.29) is 5.41 Å². The molecule has 1 saturated heterocycles. The maximum atomic E-state index is 9.54. The molecule has 1 atom stereocenters. The van der Waals surface area contributed by atoms with Crippen molar-refractivity contribution >= 4 is 0 Å². The SMILES string of the molecule is N#CC1(CCC2CCCO2)CCCCCCC1. The first kappa shape index (κ1) is 12.9. The maximum Gasteiger partial charge on any atom is 0.0689 e. The fourth-order valence-corrected chi connectivity index (χ4v) is 3.31. The van der Waals surface area contributed by atoms with Gasteiger partial charge in [0.25, 0.3) is 0 Å². The summed E-state index contributed by atoms with van der Waals surface area (Å²) in [4.78, 5) is 0. The highest BCUT2D eigenvalue weighted by Gasteiger charge is 2.31. The van der Waals surface area contributed by atoms with E-state index < -0.39 is 0 Å². The minimum atomic E-state index is -0.0215. The van der Waals surface area contributed by atoms with Gasteiger partial charge in [0.2, 0.25) is 0 Å². The summed E-state index contributed by atoms with van der Waals surface area (Å²) in [5.74, 6) is 0. The Morgan fingerprint density at radius 2 is 1.76 bits per heavy atom. The van der Waals surface area contributed by atoms with E-state index >= 15 is 0 Å². The monoisotopic (exact) mass is 235 g/mol. The first-order valence-electron chi connectivity index (χ1n) is 7.38. The smallest absolute Gasteiger partial charge is 0.0689 e. The van der Waals surface area contributed by atoms with Crippen LogP contribution in [-0.2, 0) is 4.74 Å². The van der Waals surface area contributed by atoms with Gasteiger partial charge >= 0.3 is 0 Å². The van der Waals surface area contributed by atoms with Gasteiger partial charge in [-0.25, -0.2) is 0 Å². The zero-order chi connectivity index (χ0) is 12.0. The molecule has 2 fully saturated rings.